The number of hydrogen-bond donors (Lipinski definition) is 0. The summed E-state index contributed by atoms with van der Waals surface area (Å²) in [5.41, 5.74) is 1.45. The van der Waals surface area contributed by atoms with Crippen LogP contribution in [0.2, 0.25) is 0 Å². The molecule has 0 bridgehead atoms. The lowest BCUT2D eigenvalue weighted by Gasteiger charge is -2.42. The molecule has 5 heteroatoms. The van der Waals surface area contributed by atoms with E-state index in [1.165, 1.54) is 19.4 Å². The molecule has 0 N–H and O–H groups in total. The molecule has 1 aromatic carbocycles. The fourth-order valence-electron chi connectivity index (χ4n) is 4.68. The van der Waals surface area contributed by atoms with E-state index in [0.717, 1.165) is 50.2 Å². The highest BCUT2D eigenvalue weighted by atomic mass is 16.5. The first-order chi connectivity index (χ1) is 14.6. The van der Waals surface area contributed by atoms with Crippen molar-refractivity contribution in [2.45, 2.75) is 77.5 Å². The molecule has 2 fully saturated rings. The van der Waals surface area contributed by atoms with Crippen LogP contribution in [0.25, 0.3) is 0 Å². The van der Waals surface area contributed by atoms with Gasteiger partial charge in [0, 0.05) is 38.3 Å². The molecule has 174 valence electrons. The second kappa shape index (κ2) is 10.0. The second-order valence-electron chi connectivity index (χ2n) is 10.7. The number of piperidine rings is 2. The summed E-state index contributed by atoms with van der Waals surface area (Å²) in [6, 6.07) is 8.49. The number of methoxy groups -OCH3 is 1. The van der Waals surface area contributed by atoms with Crippen LogP contribution in [0.15, 0.2) is 24.3 Å². The van der Waals surface area contributed by atoms with Gasteiger partial charge in [-0.2, -0.15) is 0 Å². The van der Waals surface area contributed by atoms with Gasteiger partial charge in [0.1, 0.15) is 0 Å². The van der Waals surface area contributed by atoms with E-state index < -0.39 is 0 Å². The van der Waals surface area contributed by atoms with Crippen molar-refractivity contribution >= 4 is 5.91 Å². The van der Waals surface area contributed by atoms with Crippen LogP contribution >= 0.6 is 0 Å². The zero-order valence-electron chi connectivity index (χ0n) is 20.4. The third-order valence-electron chi connectivity index (χ3n) is 6.91. The van der Waals surface area contributed by atoms with Gasteiger partial charge in [0.15, 0.2) is 0 Å². The minimum absolute atomic E-state index is 0.0640. The number of carbonyl (C=O) groups excluding carboxylic acids is 1. The van der Waals surface area contributed by atoms with Crippen molar-refractivity contribution in [2.24, 2.45) is 5.92 Å². The molecule has 1 amide bonds. The van der Waals surface area contributed by atoms with Crippen LogP contribution in [-0.2, 0) is 15.1 Å². The fourth-order valence-corrected chi connectivity index (χ4v) is 4.68. The van der Waals surface area contributed by atoms with Crippen molar-refractivity contribution in [3.8, 4) is 0 Å². The number of ether oxygens (including phenoxy) is 2. The Morgan fingerprint density at radius 2 is 1.65 bits per heavy atom. The van der Waals surface area contributed by atoms with Gasteiger partial charge in [-0.1, -0.05) is 12.1 Å². The van der Waals surface area contributed by atoms with Crippen LogP contribution in [0, 0.1) is 5.92 Å². The Kier molecular flexibility index (Phi) is 7.82. The van der Waals surface area contributed by atoms with Crippen LogP contribution in [0.5, 0.6) is 0 Å². The van der Waals surface area contributed by atoms with E-state index in [0.29, 0.717) is 12.0 Å². The number of likely N-dealkylation sites (tertiary alicyclic amines) is 2. The molecule has 0 aliphatic carbocycles. The Morgan fingerprint density at radius 3 is 2.23 bits per heavy atom. The van der Waals surface area contributed by atoms with Crippen LogP contribution < -0.4 is 0 Å². The van der Waals surface area contributed by atoms with Gasteiger partial charge < -0.3 is 14.4 Å². The minimum atomic E-state index is -0.343. The molecule has 2 heterocycles. The van der Waals surface area contributed by atoms with Gasteiger partial charge in [-0.15, -0.1) is 0 Å². The van der Waals surface area contributed by atoms with Gasteiger partial charge in [-0.05, 0) is 90.5 Å². The quantitative estimate of drug-likeness (QED) is 0.656. The van der Waals surface area contributed by atoms with Gasteiger partial charge in [-0.25, -0.2) is 0 Å². The van der Waals surface area contributed by atoms with E-state index in [2.05, 4.69) is 25.7 Å². The first-order valence-corrected chi connectivity index (χ1v) is 11.9. The van der Waals surface area contributed by atoms with Crippen LogP contribution in [0.1, 0.15) is 76.2 Å². The molecule has 2 aliphatic rings. The van der Waals surface area contributed by atoms with E-state index in [9.17, 15) is 4.79 Å². The van der Waals surface area contributed by atoms with E-state index in [-0.39, 0.29) is 17.1 Å². The zero-order valence-corrected chi connectivity index (χ0v) is 20.4. The summed E-state index contributed by atoms with van der Waals surface area (Å²) in [6.07, 6.45) is 4.64. The van der Waals surface area contributed by atoms with Crippen LogP contribution in [-0.4, -0.2) is 67.2 Å². The minimum Gasteiger partial charge on any atom is -0.376 e. The number of hydrogen-bond acceptors (Lipinski definition) is 4. The highest BCUT2D eigenvalue weighted by molar-refractivity contribution is 5.94. The Balaban J connectivity index is 1.50. The maximum atomic E-state index is 13.0. The van der Waals surface area contributed by atoms with Crippen molar-refractivity contribution in [1.29, 1.82) is 0 Å². The summed E-state index contributed by atoms with van der Waals surface area (Å²) in [6.45, 7) is 15.3. The maximum absolute atomic E-state index is 13.0. The lowest BCUT2D eigenvalue weighted by atomic mass is 9.93. The van der Waals surface area contributed by atoms with Gasteiger partial charge in [0.05, 0.1) is 17.8 Å². The molecular formula is C26H42N2O3. The Morgan fingerprint density at radius 1 is 1.00 bits per heavy atom. The third-order valence-corrected chi connectivity index (χ3v) is 6.91. The monoisotopic (exact) mass is 430 g/mol. The van der Waals surface area contributed by atoms with E-state index in [1.54, 1.807) is 7.11 Å². The van der Waals surface area contributed by atoms with Gasteiger partial charge in [0.25, 0.3) is 5.91 Å². The predicted octanol–water partition coefficient (Wildman–Crippen LogP) is 4.70. The van der Waals surface area contributed by atoms with Crippen molar-refractivity contribution in [2.75, 3.05) is 39.9 Å². The number of benzene rings is 1. The smallest absolute Gasteiger partial charge is 0.253 e. The topological polar surface area (TPSA) is 42.0 Å². The molecule has 0 aromatic heterocycles. The molecule has 31 heavy (non-hydrogen) atoms. The van der Waals surface area contributed by atoms with Crippen molar-refractivity contribution in [1.82, 2.24) is 9.80 Å². The summed E-state index contributed by atoms with van der Waals surface area (Å²) in [4.78, 5) is 17.7. The predicted molar refractivity (Wildman–Crippen MR) is 125 cm³/mol. The molecular weight excluding hydrogens is 388 g/mol. The lowest BCUT2D eigenvalue weighted by Crippen LogP contribution is -2.50. The summed E-state index contributed by atoms with van der Waals surface area (Å²) in [7, 11) is 1.71. The number of rotatable bonds is 6. The molecule has 0 saturated carbocycles. The first-order valence-electron chi connectivity index (χ1n) is 11.9. The van der Waals surface area contributed by atoms with Gasteiger partial charge in [0.2, 0.25) is 0 Å². The summed E-state index contributed by atoms with van der Waals surface area (Å²) in [5.74, 6) is 0.776. The molecule has 0 spiro atoms. The molecule has 1 unspecified atom stereocenters. The molecule has 1 aromatic rings. The van der Waals surface area contributed by atoms with Crippen molar-refractivity contribution < 1.29 is 14.3 Å². The zero-order chi connectivity index (χ0) is 22.6. The van der Waals surface area contributed by atoms with Gasteiger partial charge in [-0.3, -0.25) is 9.69 Å². The Labute approximate surface area is 189 Å². The summed E-state index contributed by atoms with van der Waals surface area (Å²) in [5, 5.41) is 0. The third kappa shape index (κ3) is 6.53. The lowest BCUT2D eigenvalue weighted by molar-refractivity contribution is -0.0404. The Hall–Kier alpha value is -1.43. The van der Waals surface area contributed by atoms with Gasteiger partial charge >= 0.3 is 0 Å². The molecule has 2 saturated heterocycles. The summed E-state index contributed by atoms with van der Waals surface area (Å²) < 4.78 is 11.6. The first kappa shape index (κ1) is 24.2. The molecule has 3 rings (SSSR count). The molecule has 2 aliphatic heterocycles. The van der Waals surface area contributed by atoms with Crippen LogP contribution in [0.3, 0.4) is 0 Å². The Bertz CT molecular complexity index is 715. The number of carbonyl (C=O) groups is 1. The van der Waals surface area contributed by atoms with E-state index >= 15 is 0 Å². The van der Waals surface area contributed by atoms with Crippen molar-refractivity contribution in [3.63, 3.8) is 0 Å². The molecule has 5 nitrogen and oxygen atoms in total. The average molecular weight is 431 g/mol. The second-order valence-corrected chi connectivity index (χ2v) is 10.7. The van der Waals surface area contributed by atoms with E-state index in [1.807, 2.05) is 43.0 Å². The van der Waals surface area contributed by atoms with E-state index in [4.69, 9.17) is 9.47 Å². The number of amides is 1. The maximum Gasteiger partial charge on any atom is 0.253 e. The molecule has 1 atom stereocenters. The van der Waals surface area contributed by atoms with Crippen LogP contribution in [0.4, 0.5) is 0 Å². The normalized spacial score (nSPS) is 22.0. The average Bonchev–Trinajstić information content (AvgIpc) is 2.77. The SMILES string of the molecule is COC(C)(C)c1ccc(C(=O)N2CCC(N3CCCC(COC(C)(C)C)C3)CC2)cc1. The standard InChI is InChI=1S/C26H42N2O3/c1-25(2,3)31-19-20-8-7-15-28(18-20)23-13-16-27(17-14-23)24(29)21-9-11-22(12-10-21)26(4,5)30-6/h9-12,20,23H,7-8,13-19H2,1-6H3. The molecule has 0 radical (unpaired) electrons. The highest BCUT2D eigenvalue weighted by Crippen LogP contribution is 2.27. The number of nitrogens with zero attached hydrogens (tertiary/aromatic N) is 2. The summed E-state index contributed by atoms with van der Waals surface area (Å²) >= 11 is 0. The van der Waals surface area contributed by atoms with Crippen molar-refractivity contribution in [3.05, 3.63) is 35.4 Å². The largest absolute Gasteiger partial charge is 0.376 e. The fraction of sp³-hybridized carbons (Fsp3) is 0.731. The highest BCUT2D eigenvalue weighted by Gasteiger charge is 2.31.